The molecule has 1 N–H and O–H groups in total. The molecule has 110 valence electrons. The SMILES string of the molecule is COC(=O)S[N+](C)(C(=O)O)c1cccc(S)c1C(C)C. The van der Waals surface area contributed by atoms with Gasteiger partial charge in [-0.05, 0) is 12.0 Å². The van der Waals surface area contributed by atoms with Crippen molar-refractivity contribution in [2.45, 2.75) is 24.7 Å². The number of thiol groups is 1. The van der Waals surface area contributed by atoms with E-state index in [9.17, 15) is 14.7 Å². The number of rotatable bonds is 2. The second-order valence-electron chi connectivity index (χ2n) is 4.62. The minimum atomic E-state index is -1.15. The lowest BCUT2D eigenvalue weighted by Gasteiger charge is -2.27. The monoisotopic (exact) mass is 316 g/mol. The number of quaternary nitrogens is 1. The molecule has 0 aliphatic heterocycles. The zero-order valence-electron chi connectivity index (χ0n) is 11.8. The normalized spacial score (nSPS) is 13.9. The molecule has 0 aromatic heterocycles. The summed E-state index contributed by atoms with van der Waals surface area (Å²) < 4.78 is 3.93. The summed E-state index contributed by atoms with van der Waals surface area (Å²) in [5.41, 5.74) is 1.31. The van der Waals surface area contributed by atoms with Gasteiger partial charge in [-0.3, -0.25) is 0 Å². The molecule has 1 unspecified atom stereocenters. The van der Waals surface area contributed by atoms with Gasteiger partial charge in [0.25, 0.3) is 0 Å². The van der Waals surface area contributed by atoms with E-state index in [1.807, 2.05) is 13.8 Å². The summed E-state index contributed by atoms with van der Waals surface area (Å²) >= 11 is 4.98. The first kappa shape index (κ1) is 16.9. The van der Waals surface area contributed by atoms with E-state index in [0.29, 0.717) is 22.5 Å². The number of carbonyl (C=O) groups is 2. The van der Waals surface area contributed by atoms with Crippen LogP contribution in [0.5, 0.6) is 0 Å². The van der Waals surface area contributed by atoms with Crippen molar-refractivity contribution in [3.8, 4) is 0 Å². The van der Waals surface area contributed by atoms with Gasteiger partial charge in [-0.1, -0.05) is 19.9 Å². The third-order valence-corrected chi connectivity index (χ3v) is 4.31. The van der Waals surface area contributed by atoms with Crippen LogP contribution >= 0.6 is 24.6 Å². The lowest BCUT2D eigenvalue weighted by Crippen LogP contribution is -2.44. The van der Waals surface area contributed by atoms with Crippen LogP contribution in [0.2, 0.25) is 0 Å². The van der Waals surface area contributed by atoms with Gasteiger partial charge in [-0.25, -0.2) is 4.79 Å². The van der Waals surface area contributed by atoms with Crippen LogP contribution in [0.4, 0.5) is 15.3 Å². The van der Waals surface area contributed by atoms with Crippen LogP contribution in [0, 0.1) is 0 Å². The fraction of sp³-hybridized carbons (Fsp3) is 0.385. The van der Waals surface area contributed by atoms with E-state index < -0.39 is 15.3 Å². The van der Waals surface area contributed by atoms with E-state index in [-0.39, 0.29) is 5.92 Å². The molecule has 1 atom stereocenters. The first-order chi connectivity index (χ1) is 9.24. The summed E-state index contributed by atoms with van der Waals surface area (Å²) in [5, 5.41) is 8.89. The third kappa shape index (κ3) is 3.28. The molecule has 0 bridgehead atoms. The van der Waals surface area contributed by atoms with E-state index in [0.717, 1.165) is 5.56 Å². The van der Waals surface area contributed by atoms with Gasteiger partial charge < -0.3 is 9.84 Å². The Morgan fingerprint density at radius 2 is 2.00 bits per heavy atom. The molecule has 1 amide bonds. The molecule has 1 aromatic carbocycles. The van der Waals surface area contributed by atoms with E-state index in [4.69, 9.17) is 0 Å². The van der Waals surface area contributed by atoms with Crippen molar-refractivity contribution in [1.29, 1.82) is 0 Å². The van der Waals surface area contributed by atoms with Crippen molar-refractivity contribution < 1.29 is 19.4 Å². The maximum Gasteiger partial charge on any atom is 0.531 e. The minimum absolute atomic E-state index is 0.0775. The molecule has 0 radical (unpaired) electrons. The number of carbonyl (C=O) groups excluding carboxylic acids is 1. The second kappa shape index (κ2) is 6.51. The van der Waals surface area contributed by atoms with Gasteiger partial charge in [-0.2, -0.15) is 4.79 Å². The fourth-order valence-corrected chi connectivity index (χ4v) is 3.05. The smallest absolute Gasteiger partial charge is 0.457 e. The number of carboxylic acid groups (broad SMARTS) is 1. The molecular weight excluding hydrogens is 298 g/mol. The molecule has 0 heterocycles. The summed E-state index contributed by atoms with van der Waals surface area (Å²) in [5.74, 6) is 0.0775. The van der Waals surface area contributed by atoms with E-state index in [2.05, 4.69) is 17.4 Å². The van der Waals surface area contributed by atoms with Gasteiger partial charge in [0.05, 0.1) is 14.2 Å². The molecular formula is C13H18NO4S2+. The molecule has 0 fully saturated rings. The number of hydrogen-bond donors (Lipinski definition) is 2. The molecule has 0 spiro atoms. The highest BCUT2D eigenvalue weighted by Crippen LogP contribution is 2.40. The predicted octanol–water partition coefficient (Wildman–Crippen LogP) is 4.13. The quantitative estimate of drug-likeness (QED) is 0.372. The average molecular weight is 316 g/mol. The first-order valence-electron chi connectivity index (χ1n) is 5.94. The van der Waals surface area contributed by atoms with Crippen molar-refractivity contribution in [1.82, 2.24) is 3.89 Å². The molecule has 7 heteroatoms. The lowest BCUT2D eigenvalue weighted by molar-refractivity contribution is 0.178. The van der Waals surface area contributed by atoms with Crippen molar-refractivity contribution in [3.05, 3.63) is 23.8 Å². The third-order valence-electron chi connectivity index (χ3n) is 2.89. The molecule has 20 heavy (non-hydrogen) atoms. The van der Waals surface area contributed by atoms with Crippen LogP contribution in [-0.4, -0.2) is 30.7 Å². The maximum atomic E-state index is 11.7. The van der Waals surface area contributed by atoms with Gasteiger partial charge >= 0.3 is 11.4 Å². The highest BCUT2D eigenvalue weighted by Gasteiger charge is 2.43. The second-order valence-corrected chi connectivity index (χ2v) is 6.34. The Morgan fingerprint density at radius 1 is 1.40 bits per heavy atom. The van der Waals surface area contributed by atoms with E-state index in [1.54, 1.807) is 18.2 Å². The summed E-state index contributed by atoms with van der Waals surface area (Å²) in [4.78, 5) is 23.9. The van der Waals surface area contributed by atoms with Crippen molar-refractivity contribution >= 4 is 41.7 Å². The first-order valence-corrected chi connectivity index (χ1v) is 7.16. The maximum absolute atomic E-state index is 11.7. The standard InChI is InChI=1S/C13H17NO4S2/c1-8(2)11-9(6-5-7-10(11)19)14(3,12(15)16)20-13(17)18-4/h5-8H,1-4H3,(H-,15,16,19)/p+1. The van der Waals surface area contributed by atoms with Crippen molar-refractivity contribution in [3.63, 3.8) is 0 Å². The Labute approximate surface area is 128 Å². The van der Waals surface area contributed by atoms with Gasteiger partial charge in [0, 0.05) is 16.5 Å². The van der Waals surface area contributed by atoms with Crippen LogP contribution in [0.25, 0.3) is 0 Å². The molecule has 0 aliphatic rings. The van der Waals surface area contributed by atoms with Crippen LogP contribution in [0.1, 0.15) is 25.3 Å². The lowest BCUT2D eigenvalue weighted by atomic mass is 10.0. The predicted molar refractivity (Wildman–Crippen MR) is 83.5 cm³/mol. The summed E-state index contributed by atoms with van der Waals surface area (Å²) in [6.07, 6.45) is -1.15. The van der Waals surface area contributed by atoms with E-state index >= 15 is 0 Å². The van der Waals surface area contributed by atoms with Gasteiger partial charge in [0.15, 0.2) is 5.69 Å². The Morgan fingerprint density at radius 3 is 2.45 bits per heavy atom. The van der Waals surface area contributed by atoms with Crippen molar-refractivity contribution in [2.24, 2.45) is 0 Å². The van der Waals surface area contributed by atoms with E-state index in [1.165, 1.54) is 14.2 Å². The number of hydrogen-bond acceptors (Lipinski definition) is 5. The average Bonchev–Trinajstić information content (AvgIpc) is 2.37. The molecule has 1 rings (SSSR count). The van der Waals surface area contributed by atoms with Gasteiger partial charge in [0.1, 0.15) is 0 Å². The highest BCUT2D eigenvalue weighted by molar-refractivity contribution is 8.13. The molecule has 0 aliphatic carbocycles. The zero-order valence-corrected chi connectivity index (χ0v) is 13.5. The summed E-state index contributed by atoms with van der Waals surface area (Å²) in [6, 6.07) is 5.22. The number of methoxy groups -OCH3 is 1. The van der Waals surface area contributed by atoms with Gasteiger partial charge in [-0.15, -0.1) is 16.5 Å². The van der Waals surface area contributed by atoms with Crippen LogP contribution < -0.4 is 3.89 Å². The minimum Gasteiger partial charge on any atom is -0.457 e. The summed E-state index contributed by atoms with van der Waals surface area (Å²) in [7, 11) is 2.66. The highest BCUT2D eigenvalue weighted by atomic mass is 32.2. The van der Waals surface area contributed by atoms with Crippen LogP contribution in [0.15, 0.2) is 23.1 Å². The number of amides is 1. The fourth-order valence-electron chi connectivity index (χ4n) is 1.88. The van der Waals surface area contributed by atoms with Crippen LogP contribution in [0.3, 0.4) is 0 Å². The molecule has 5 nitrogen and oxygen atoms in total. The Hall–Kier alpha value is -1.18. The molecule has 1 aromatic rings. The largest absolute Gasteiger partial charge is 0.531 e. The summed E-state index contributed by atoms with van der Waals surface area (Å²) in [6.45, 7) is 3.90. The topological polar surface area (TPSA) is 63.6 Å². The Balaban J connectivity index is 3.47. The number of nitrogens with zero attached hydrogens (tertiary/aromatic N) is 1. The Bertz CT molecular complexity index is 533. The van der Waals surface area contributed by atoms with Crippen LogP contribution in [-0.2, 0) is 4.74 Å². The number of ether oxygens (including phenoxy) is 1. The molecule has 0 saturated heterocycles. The van der Waals surface area contributed by atoms with Gasteiger partial charge in [0.2, 0.25) is 11.9 Å². The van der Waals surface area contributed by atoms with Crippen molar-refractivity contribution in [2.75, 3.05) is 14.2 Å². The molecule has 0 saturated carbocycles. The number of benzene rings is 1. The Kier molecular flexibility index (Phi) is 5.50. The zero-order chi connectivity index (χ0) is 15.5.